The number of esters is 1. The van der Waals surface area contributed by atoms with Gasteiger partial charge in [0.25, 0.3) is 15.9 Å². The summed E-state index contributed by atoms with van der Waals surface area (Å²) in [6, 6.07) is 9.75. The van der Waals surface area contributed by atoms with Crippen LogP contribution in [0, 0.1) is 20.8 Å². The molecule has 0 saturated carbocycles. The van der Waals surface area contributed by atoms with Gasteiger partial charge in [-0.1, -0.05) is 29.8 Å². The molecule has 1 aliphatic heterocycles. The van der Waals surface area contributed by atoms with E-state index in [1.54, 1.807) is 43.0 Å². The monoisotopic (exact) mass is 474 g/mol. The standard InChI is InChI=1S/C24H30N2O6S/c1-15-10-16(2)23(17(3)11-15)33(29,30)25-21-9-7-6-8-20(21)24(28)31-14-22(27)26-12-18(4)32-19(5)13-26/h6-11,18-19,25H,12-14H2,1-5H3. The molecular formula is C24H30N2O6S. The molecule has 178 valence electrons. The number of hydrogen-bond donors (Lipinski definition) is 1. The largest absolute Gasteiger partial charge is 0.452 e. The number of hydrogen-bond acceptors (Lipinski definition) is 6. The van der Waals surface area contributed by atoms with Crippen molar-refractivity contribution in [2.24, 2.45) is 0 Å². The van der Waals surface area contributed by atoms with Gasteiger partial charge in [-0.15, -0.1) is 0 Å². The summed E-state index contributed by atoms with van der Waals surface area (Å²) in [5, 5.41) is 0. The molecule has 1 heterocycles. The van der Waals surface area contributed by atoms with Crippen molar-refractivity contribution in [3.05, 3.63) is 58.7 Å². The summed E-state index contributed by atoms with van der Waals surface area (Å²) in [4.78, 5) is 27.0. The van der Waals surface area contributed by atoms with Crippen LogP contribution in [0.3, 0.4) is 0 Å². The van der Waals surface area contributed by atoms with E-state index >= 15 is 0 Å². The van der Waals surface area contributed by atoms with Gasteiger partial charge in [0, 0.05) is 13.1 Å². The molecule has 2 unspecified atom stereocenters. The fraction of sp³-hybridized carbons (Fsp3) is 0.417. The number of amides is 1. The maximum atomic E-state index is 13.1. The Labute approximate surface area is 194 Å². The molecule has 1 N–H and O–H groups in total. The Morgan fingerprint density at radius 1 is 1.06 bits per heavy atom. The highest BCUT2D eigenvalue weighted by atomic mass is 32.2. The molecule has 1 aliphatic rings. The average molecular weight is 475 g/mol. The maximum Gasteiger partial charge on any atom is 0.340 e. The lowest BCUT2D eigenvalue weighted by Gasteiger charge is -2.35. The van der Waals surface area contributed by atoms with Crippen LogP contribution in [0.15, 0.2) is 41.3 Å². The second-order valence-electron chi connectivity index (χ2n) is 8.51. The van der Waals surface area contributed by atoms with Crippen LogP contribution in [-0.4, -0.2) is 57.1 Å². The average Bonchev–Trinajstić information content (AvgIpc) is 2.70. The van der Waals surface area contributed by atoms with Crippen molar-refractivity contribution in [2.45, 2.75) is 51.7 Å². The lowest BCUT2D eigenvalue weighted by molar-refractivity contribution is -0.146. The van der Waals surface area contributed by atoms with E-state index in [1.807, 2.05) is 20.8 Å². The van der Waals surface area contributed by atoms with E-state index in [9.17, 15) is 18.0 Å². The van der Waals surface area contributed by atoms with Gasteiger partial charge in [0.05, 0.1) is 28.4 Å². The first-order valence-corrected chi connectivity index (χ1v) is 12.3. The van der Waals surface area contributed by atoms with Crippen molar-refractivity contribution in [1.29, 1.82) is 0 Å². The zero-order chi connectivity index (χ0) is 24.3. The van der Waals surface area contributed by atoms with Crippen molar-refractivity contribution >= 4 is 27.6 Å². The predicted octanol–water partition coefficient (Wildman–Crippen LogP) is 3.21. The molecule has 0 bridgehead atoms. The van der Waals surface area contributed by atoms with Gasteiger partial charge >= 0.3 is 5.97 Å². The number of carbonyl (C=O) groups is 2. The van der Waals surface area contributed by atoms with E-state index in [0.29, 0.717) is 24.2 Å². The van der Waals surface area contributed by atoms with Crippen LogP contribution in [0.2, 0.25) is 0 Å². The molecule has 2 aromatic rings. The first-order valence-electron chi connectivity index (χ1n) is 10.8. The van der Waals surface area contributed by atoms with E-state index in [1.165, 1.54) is 12.1 Å². The molecule has 3 rings (SSSR count). The van der Waals surface area contributed by atoms with Crippen molar-refractivity contribution in [1.82, 2.24) is 4.90 Å². The number of aryl methyl sites for hydroxylation is 3. The number of nitrogens with one attached hydrogen (secondary N) is 1. The highest BCUT2D eigenvalue weighted by Crippen LogP contribution is 2.26. The van der Waals surface area contributed by atoms with Gasteiger partial charge in [0.2, 0.25) is 0 Å². The number of carbonyl (C=O) groups excluding carboxylic acids is 2. The highest BCUT2D eigenvalue weighted by Gasteiger charge is 2.27. The molecule has 2 atom stereocenters. The van der Waals surface area contributed by atoms with Gasteiger partial charge in [-0.05, 0) is 57.9 Å². The molecule has 0 spiro atoms. The summed E-state index contributed by atoms with van der Waals surface area (Å²) in [6.07, 6.45) is -0.200. The third-order valence-corrected chi connectivity index (χ3v) is 7.03. The SMILES string of the molecule is Cc1cc(C)c(S(=O)(=O)Nc2ccccc2C(=O)OCC(=O)N2CC(C)OC(C)C2)c(C)c1. The van der Waals surface area contributed by atoms with Crippen molar-refractivity contribution < 1.29 is 27.5 Å². The van der Waals surface area contributed by atoms with Crippen LogP contribution in [-0.2, 0) is 24.3 Å². The third kappa shape index (κ3) is 5.91. The van der Waals surface area contributed by atoms with Crippen LogP contribution in [0.25, 0.3) is 0 Å². The number of para-hydroxylation sites is 1. The Balaban J connectivity index is 1.75. The van der Waals surface area contributed by atoms with Crippen molar-refractivity contribution in [3.8, 4) is 0 Å². The molecule has 1 fully saturated rings. The zero-order valence-corrected chi connectivity index (χ0v) is 20.4. The van der Waals surface area contributed by atoms with Gasteiger partial charge in [-0.25, -0.2) is 13.2 Å². The van der Waals surface area contributed by atoms with E-state index in [-0.39, 0.29) is 34.3 Å². The summed E-state index contributed by atoms with van der Waals surface area (Å²) < 4.78 is 39.6. The number of sulfonamides is 1. The number of morpholine rings is 1. The lowest BCUT2D eigenvalue weighted by atomic mass is 10.1. The van der Waals surface area contributed by atoms with Crippen LogP contribution < -0.4 is 4.72 Å². The minimum atomic E-state index is -3.95. The number of benzene rings is 2. The van der Waals surface area contributed by atoms with E-state index in [4.69, 9.17) is 9.47 Å². The minimum absolute atomic E-state index is 0.0278. The quantitative estimate of drug-likeness (QED) is 0.645. The second kappa shape index (κ2) is 9.93. The summed E-state index contributed by atoms with van der Waals surface area (Å²) in [5.74, 6) is -1.11. The smallest absolute Gasteiger partial charge is 0.340 e. The number of anilines is 1. The van der Waals surface area contributed by atoms with Crippen molar-refractivity contribution in [3.63, 3.8) is 0 Å². The summed E-state index contributed by atoms with van der Waals surface area (Å²) >= 11 is 0. The Hall–Kier alpha value is -2.91. The first-order chi connectivity index (χ1) is 15.5. The maximum absolute atomic E-state index is 13.1. The molecule has 0 aromatic heterocycles. The Morgan fingerprint density at radius 2 is 1.64 bits per heavy atom. The zero-order valence-electron chi connectivity index (χ0n) is 19.5. The molecule has 8 nitrogen and oxygen atoms in total. The normalized spacial score (nSPS) is 18.6. The van der Waals surface area contributed by atoms with Crippen LogP contribution in [0.1, 0.15) is 40.9 Å². The molecule has 1 amide bonds. The van der Waals surface area contributed by atoms with Crippen molar-refractivity contribution in [2.75, 3.05) is 24.4 Å². The second-order valence-corrected chi connectivity index (χ2v) is 10.1. The van der Waals surface area contributed by atoms with Gasteiger partial charge < -0.3 is 14.4 Å². The van der Waals surface area contributed by atoms with Crippen LogP contribution in [0.5, 0.6) is 0 Å². The van der Waals surface area contributed by atoms with E-state index < -0.39 is 22.6 Å². The highest BCUT2D eigenvalue weighted by molar-refractivity contribution is 7.92. The molecule has 1 saturated heterocycles. The van der Waals surface area contributed by atoms with E-state index in [0.717, 1.165) is 5.56 Å². The molecule has 0 aliphatic carbocycles. The Morgan fingerprint density at radius 3 is 2.24 bits per heavy atom. The Bertz CT molecular complexity index is 1130. The summed E-state index contributed by atoms with van der Waals surface area (Å²) in [5.41, 5.74) is 2.30. The Kier molecular flexibility index (Phi) is 7.44. The number of rotatable bonds is 6. The molecule has 2 aromatic carbocycles. The fourth-order valence-electron chi connectivity index (χ4n) is 4.21. The summed E-state index contributed by atoms with van der Waals surface area (Å²) in [7, 11) is -3.95. The van der Waals surface area contributed by atoms with E-state index in [2.05, 4.69) is 4.72 Å². The fourth-order valence-corrected chi connectivity index (χ4v) is 5.75. The predicted molar refractivity (Wildman–Crippen MR) is 125 cm³/mol. The molecule has 0 radical (unpaired) electrons. The lowest BCUT2D eigenvalue weighted by Crippen LogP contribution is -2.49. The van der Waals surface area contributed by atoms with Crippen LogP contribution >= 0.6 is 0 Å². The van der Waals surface area contributed by atoms with Gasteiger partial charge in [-0.3, -0.25) is 9.52 Å². The first kappa shape index (κ1) is 24.7. The molecule has 33 heavy (non-hydrogen) atoms. The number of nitrogens with zero attached hydrogens (tertiary/aromatic N) is 1. The van der Waals surface area contributed by atoms with Gasteiger partial charge in [0.15, 0.2) is 6.61 Å². The number of ether oxygens (including phenoxy) is 2. The molecule has 9 heteroatoms. The van der Waals surface area contributed by atoms with Gasteiger partial charge in [0.1, 0.15) is 0 Å². The third-order valence-electron chi connectivity index (χ3n) is 5.36. The van der Waals surface area contributed by atoms with Gasteiger partial charge in [-0.2, -0.15) is 0 Å². The van der Waals surface area contributed by atoms with Crippen LogP contribution in [0.4, 0.5) is 5.69 Å². The molecular weight excluding hydrogens is 444 g/mol. The topological polar surface area (TPSA) is 102 Å². The minimum Gasteiger partial charge on any atom is -0.452 e. The summed E-state index contributed by atoms with van der Waals surface area (Å²) in [6.45, 7) is 9.52.